The number of non-ortho nitro benzene ring substituents is 1. The van der Waals surface area contributed by atoms with Gasteiger partial charge in [0.05, 0.1) is 9.80 Å². The zero-order valence-electron chi connectivity index (χ0n) is 9.65. The molecule has 1 atom stereocenters. The van der Waals surface area contributed by atoms with Gasteiger partial charge in [0, 0.05) is 17.8 Å². The Morgan fingerprint density at radius 3 is 2.53 bits per heavy atom. The number of carbonyl (C=O) groups excluding carboxylic acids is 1. The second-order valence-corrected chi connectivity index (χ2v) is 4.64. The molecule has 0 bridgehead atoms. The van der Waals surface area contributed by atoms with Crippen molar-refractivity contribution in [3.05, 3.63) is 56.8 Å². The van der Waals surface area contributed by atoms with Gasteiger partial charge in [0.2, 0.25) is 5.78 Å². The normalized spacial score (nSPS) is 11.8. The minimum Gasteiger partial charge on any atom is -0.367 e. The van der Waals surface area contributed by atoms with Gasteiger partial charge >= 0.3 is 0 Å². The van der Waals surface area contributed by atoms with Gasteiger partial charge in [-0.15, -0.1) is 11.3 Å². The highest BCUT2D eigenvalue weighted by Crippen LogP contribution is 2.17. The lowest BCUT2D eigenvalue weighted by atomic mass is 10.2. The van der Waals surface area contributed by atoms with Crippen LogP contribution in [0.15, 0.2) is 41.8 Å². The summed E-state index contributed by atoms with van der Waals surface area (Å²) >= 11 is 1.24. The molecule has 0 radical (unpaired) electrons. The van der Waals surface area contributed by atoms with Crippen LogP contribution in [0, 0.1) is 10.1 Å². The Bertz CT molecular complexity index is 580. The van der Waals surface area contributed by atoms with Crippen LogP contribution >= 0.6 is 11.3 Å². The van der Waals surface area contributed by atoms with Crippen LogP contribution in [0.1, 0.15) is 9.67 Å². The number of aliphatic hydroxyl groups is 1. The van der Waals surface area contributed by atoms with Gasteiger partial charge in [-0.1, -0.05) is 6.07 Å². The Hall–Kier alpha value is -2.25. The molecule has 0 spiro atoms. The Kier molecular flexibility index (Phi) is 3.88. The second kappa shape index (κ2) is 5.59. The van der Waals surface area contributed by atoms with Crippen LogP contribution in [0.2, 0.25) is 0 Å². The zero-order chi connectivity index (χ0) is 13.8. The Morgan fingerprint density at radius 2 is 2.00 bits per heavy atom. The molecule has 1 unspecified atom stereocenters. The van der Waals surface area contributed by atoms with Crippen LogP contribution in [0.3, 0.4) is 0 Å². The van der Waals surface area contributed by atoms with Crippen molar-refractivity contribution >= 4 is 28.5 Å². The molecule has 2 rings (SSSR count). The summed E-state index contributed by atoms with van der Waals surface area (Å²) in [5.74, 6) is -0.437. The smallest absolute Gasteiger partial charge is 0.269 e. The Morgan fingerprint density at radius 1 is 1.32 bits per heavy atom. The van der Waals surface area contributed by atoms with E-state index in [-0.39, 0.29) is 5.69 Å². The van der Waals surface area contributed by atoms with Gasteiger partial charge in [-0.25, -0.2) is 0 Å². The molecule has 2 aromatic rings. The van der Waals surface area contributed by atoms with Crippen molar-refractivity contribution < 1.29 is 14.8 Å². The second-order valence-electron chi connectivity index (χ2n) is 3.69. The lowest BCUT2D eigenvalue weighted by Crippen LogP contribution is -2.28. The molecule has 1 heterocycles. The number of thiophene rings is 1. The van der Waals surface area contributed by atoms with E-state index in [0.29, 0.717) is 10.6 Å². The quantitative estimate of drug-likeness (QED) is 0.379. The van der Waals surface area contributed by atoms with Gasteiger partial charge in [0.25, 0.3) is 5.69 Å². The van der Waals surface area contributed by atoms with Crippen molar-refractivity contribution in [2.24, 2.45) is 0 Å². The van der Waals surface area contributed by atoms with Crippen LogP contribution in [-0.2, 0) is 0 Å². The van der Waals surface area contributed by atoms with E-state index in [1.54, 1.807) is 17.5 Å². The molecule has 0 aliphatic carbocycles. The maximum absolute atomic E-state index is 11.8. The van der Waals surface area contributed by atoms with E-state index >= 15 is 0 Å². The van der Waals surface area contributed by atoms with Gasteiger partial charge in [0.1, 0.15) is 0 Å². The summed E-state index contributed by atoms with van der Waals surface area (Å²) < 4.78 is 0. The van der Waals surface area contributed by atoms with Gasteiger partial charge < -0.3 is 10.4 Å². The van der Waals surface area contributed by atoms with Crippen LogP contribution < -0.4 is 5.32 Å². The minimum atomic E-state index is -1.37. The topological polar surface area (TPSA) is 92.5 Å². The standard InChI is InChI=1S/C12H10N2O4S/c15-11(10-2-1-7-19-10)12(16)13-8-3-5-9(6-4-8)14(17)18/h1-7,12-13,16H. The summed E-state index contributed by atoms with van der Waals surface area (Å²) in [7, 11) is 0. The number of anilines is 1. The molecule has 1 aromatic carbocycles. The molecule has 7 heteroatoms. The number of nitrogens with zero attached hydrogens (tertiary/aromatic N) is 1. The van der Waals surface area contributed by atoms with Gasteiger partial charge in [0.15, 0.2) is 6.23 Å². The number of nitrogens with one attached hydrogen (secondary N) is 1. The van der Waals surface area contributed by atoms with E-state index in [1.165, 1.54) is 35.6 Å². The van der Waals surface area contributed by atoms with E-state index in [0.717, 1.165) is 0 Å². The molecule has 0 aliphatic rings. The van der Waals surface area contributed by atoms with Crippen LogP contribution in [-0.4, -0.2) is 22.0 Å². The molecule has 0 saturated carbocycles. The number of hydrogen-bond donors (Lipinski definition) is 2. The molecule has 1 aromatic heterocycles. The van der Waals surface area contributed by atoms with Crippen molar-refractivity contribution in [1.29, 1.82) is 0 Å². The first kappa shape index (κ1) is 13.2. The van der Waals surface area contributed by atoms with E-state index < -0.39 is 16.9 Å². The van der Waals surface area contributed by atoms with E-state index in [9.17, 15) is 20.0 Å². The van der Waals surface area contributed by atoms with Crippen molar-refractivity contribution in [2.45, 2.75) is 6.23 Å². The molecule has 0 saturated heterocycles. The summed E-state index contributed by atoms with van der Waals surface area (Å²) in [6.45, 7) is 0. The summed E-state index contributed by atoms with van der Waals surface area (Å²) in [6, 6.07) is 8.80. The highest BCUT2D eigenvalue weighted by atomic mass is 32.1. The van der Waals surface area contributed by atoms with Gasteiger partial charge in [-0.3, -0.25) is 14.9 Å². The SMILES string of the molecule is O=C(c1cccs1)C(O)Nc1ccc([N+](=O)[O-])cc1. The van der Waals surface area contributed by atoms with E-state index in [2.05, 4.69) is 5.32 Å². The fraction of sp³-hybridized carbons (Fsp3) is 0.0833. The Balaban J connectivity index is 2.04. The molecular formula is C12H10N2O4S. The first-order chi connectivity index (χ1) is 9.08. The fourth-order valence-corrected chi connectivity index (χ4v) is 2.14. The van der Waals surface area contributed by atoms with E-state index in [4.69, 9.17) is 0 Å². The predicted octanol–water partition coefficient (Wildman–Crippen LogP) is 2.27. The third-order valence-electron chi connectivity index (χ3n) is 2.39. The number of Topliss-reactive ketones (excluding diaryl/α,β-unsaturated/α-hetero) is 1. The van der Waals surface area contributed by atoms with Crippen LogP contribution in [0.4, 0.5) is 11.4 Å². The van der Waals surface area contributed by atoms with Crippen LogP contribution in [0.5, 0.6) is 0 Å². The predicted molar refractivity (Wildman–Crippen MR) is 71.4 cm³/mol. The fourth-order valence-electron chi connectivity index (χ4n) is 1.46. The third kappa shape index (κ3) is 3.15. The van der Waals surface area contributed by atoms with E-state index in [1.807, 2.05) is 0 Å². The van der Waals surface area contributed by atoms with Crippen molar-refractivity contribution in [1.82, 2.24) is 0 Å². The number of aliphatic hydroxyl groups excluding tert-OH is 1. The first-order valence-corrected chi connectivity index (χ1v) is 6.22. The van der Waals surface area contributed by atoms with Gasteiger partial charge in [-0.2, -0.15) is 0 Å². The van der Waals surface area contributed by atoms with Gasteiger partial charge in [-0.05, 0) is 23.6 Å². The molecule has 0 fully saturated rings. The number of carbonyl (C=O) groups is 1. The highest BCUT2D eigenvalue weighted by Gasteiger charge is 2.18. The summed E-state index contributed by atoms with van der Waals surface area (Å²) in [4.78, 5) is 22.2. The molecule has 2 N–H and O–H groups in total. The highest BCUT2D eigenvalue weighted by molar-refractivity contribution is 7.12. The van der Waals surface area contributed by atoms with Crippen LogP contribution in [0.25, 0.3) is 0 Å². The molecule has 98 valence electrons. The lowest BCUT2D eigenvalue weighted by Gasteiger charge is -2.11. The molecule has 19 heavy (non-hydrogen) atoms. The minimum absolute atomic E-state index is 0.0513. The monoisotopic (exact) mass is 278 g/mol. The number of benzene rings is 1. The zero-order valence-corrected chi connectivity index (χ0v) is 10.5. The lowest BCUT2D eigenvalue weighted by molar-refractivity contribution is -0.384. The molecule has 0 aliphatic heterocycles. The summed E-state index contributed by atoms with van der Waals surface area (Å²) in [6.07, 6.45) is -1.37. The number of nitro groups is 1. The molecule has 6 nitrogen and oxygen atoms in total. The molecule has 0 amide bonds. The Labute approximate surface area is 112 Å². The average molecular weight is 278 g/mol. The first-order valence-electron chi connectivity index (χ1n) is 5.34. The van der Waals surface area contributed by atoms with Crippen molar-refractivity contribution in [3.8, 4) is 0 Å². The average Bonchev–Trinajstić information content (AvgIpc) is 2.92. The maximum Gasteiger partial charge on any atom is 0.269 e. The maximum atomic E-state index is 11.8. The third-order valence-corrected chi connectivity index (χ3v) is 3.28. The molecular weight excluding hydrogens is 268 g/mol. The largest absolute Gasteiger partial charge is 0.367 e. The number of hydrogen-bond acceptors (Lipinski definition) is 6. The summed E-state index contributed by atoms with van der Waals surface area (Å²) in [5.41, 5.74) is 0.382. The number of nitro benzene ring substituents is 1. The number of rotatable bonds is 5. The van der Waals surface area contributed by atoms with Crippen molar-refractivity contribution in [2.75, 3.05) is 5.32 Å². The van der Waals surface area contributed by atoms with Crippen molar-refractivity contribution in [3.63, 3.8) is 0 Å². The number of ketones is 1. The summed E-state index contributed by atoms with van der Waals surface area (Å²) in [5, 5.41) is 24.5.